The van der Waals surface area contributed by atoms with Gasteiger partial charge in [-0.3, -0.25) is 0 Å². The first-order valence-corrected chi connectivity index (χ1v) is 7.67. The van der Waals surface area contributed by atoms with Crippen LogP contribution in [0, 0.1) is 6.92 Å². The second-order valence-electron chi connectivity index (χ2n) is 5.30. The highest BCUT2D eigenvalue weighted by Gasteiger charge is 2.18. The number of urea groups is 1. The fraction of sp³-hybridized carbons (Fsp3) is 0.235. The molecule has 0 aliphatic carbocycles. The van der Waals surface area contributed by atoms with E-state index in [2.05, 4.69) is 20.8 Å². The number of para-hydroxylation sites is 1. The van der Waals surface area contributed by atoms with Crippen LogP contribution < -0.4 is 10.6 Å². The number of ether oxygens (including phenoxy) is 1. The van der Waals surface area contributed by atoms with E-state index in [1.165, 1.54) is 0 Å². The molecule has 25 heavy (non-hydrogen) atoms. The molecule has 0 saturated heterocycles. The highest BCUT2D eigenvalue weighted by Crippen LogP contribution is 2.25. The molecule has 2 N–H and O–H groups in total. The first-order valence-electron chi connectivity index (χ1n) is 7.67. The number of methoxy groups -OCH3 is 1. The number of aryl methyl sites for hydroxylation is 1. The highest BCUT2D eigenvalue weighted by atomic mass is 16.5. The molecule has 3 rings (SSSR count). The van der Waals surface area contributed by atoms with Gasteiger partial charge in [-0.1, -0.05) is 17.3 Å². The molecular formula is C17H18N4O4. The summed E-state index contributed by atoms with van der Waals surface area (Å²) in [6.07, 6.45) is 1.55. The van der Waals surface area contributed by atoms with Gasteiger partial charge in [0.2, 0.25) is 11.7 Å². The fourth-order valence-electron chi connectivity index (χ4n) is 2.36. The second kappa shape index (κ2) is 7.63. The Morgan fingerprint density at radius 2 is 2.12 bits per heavy atom. The maximum Gasteiger partial charge on any atom is 0.319 e. The molecular weight excluding hydrogens is 324 g/mol. The fourth-order valence-corrected chi connectivity index (χ4v) is 2.36. The quantitative estimate of drug-likeness (QED) is 0.713. The summed E-state index contributed by atoms with van der Waals surface area (Å²) in [5, 5.41) is 9.51. The lowest BCUT2D eigenvalue weighted by Crippen LogP contribution is -2.34. The summed E-state index contributed by atoms with van der Waals surface area (Å²) in [6.45, 7) is 1.99. The third-order valence-corrected chi connectivity index (χ3v) is 3.47. The molecule has 0 aliphatic rings. The minimum atomic E-state index is -0.403. The number of anilines is 1. The van der Waals surface area contributed by atoms with E-state index in [1.807, 2.05) is 12.1 Å². The first kappa shape index (κ1) is 16.7. The Hall–Kier alpha value is -3.13. The summed E-state index contributed by atoms with van der Waals surface area (Å²) in [4.78, 5) is 16.6. The Kier molecular flexibility index (Phi) is 5.10. The van der Waals surface area contributed by atoms with Gasteiger partial charge in [0.05, 0.1) is 18.6 Å². The van der Waals surface area contributed by atoms with Gasteiger partial charge in [0.25, 0.3) is 0 Å². The minimum Gasteiger partial charge on any atom is -0.467 e. The van der Waals surface area contributed by atoms with Gasteiger partial charge < -0.3 is 24.3 Å². The molecule has 130 valence electrons. The number of rotatable bonds is 6. The summed E-state index contributed by atoms with van der Waals surface area (Å²) in [5.74, 6) is 1.47. The normalized spacial score (nSPS) is 11.9. The third-order valence-electron chi connectivity index (χ3n) is 3.47. The number of hydrogen-bond acceptors (Lipinski definition) is 6. The average Bonchev–Trinajstić information content (AvgIpc) is 3.26. The molecule has 2 aromatic heterocycles. The van der Waals surface area contributed by atoms with Gasteiger partial charge in [0, 0.05) is 19.6 Å². The maximum absolute atomic E-state index is 12.4. The lowest BCUT2D eigenvalue weighted by Gasteiger charge is -2.17. The van der Waals surface area contributed by atoms with Crippen molar-refractivity contribution in [3.05, 3.63) is 54.3 Å². The van der Waals surface area contributed by atoms with Crippen LogP contribution in [0.3, 0.4) is 0 Å². The molecule has 0 aliphatic heterocycles. The maximum atomic E-state index is 12.4. The van der Waals surface area contributed by atoms with E-state index < -0.39 is 12.1 Å². The first-order chi connectivity index (χ1) is 12.2. The molecule has 3 aromatic rings. The van der Waals surface area contributed by atoms with Gasteiger partial charge >= 0.3 is 6.03 Å². The smallest absolute Gasteiger partial charge is 0.319 e. The second-order valence-corrected chi connectivity index (χ2v) is 5.30. The van der Waals surface area contributed by atoms with Crippen molar-refractivity contribution in [3.8, 4) is 11.4 Å². The van der Waals surface area contributed by atoms with Crippen LogP contribution in [0.2, 0.25) is 0 Å². The van der Waals surface area contributed by atoms with E-state index in [1.54, 1.807) is 44.6 Å². The van der Waals surface area contributed by atoms with Crippen LogP contribution in [0.1, 0.15) is 17.7 Å². The molecule has 0 saturated carbocycles. The predicted molar refractivity (Wildman–Crippen MR) is 90.0 cm³/mol. The Morgan fingerprint density at radius 3 is 2.80 bits per heavy atom. The van der Waals surface area contributed by atoms with Crippen molar-refractivity contribution in [1.82, 2.24) is 15.5 Å². The van der Waals surface area contributed by atoms with Crippen molar-refractivity contribution in [2.45, 2.75) is 13.0 Å². The van der Waals surface area contributed by atoms with Crippen LogP contribution in [-0.2, 0) is 4.74 Å². The highest BCUT2D eigenvalue weighted by molar-refractivity contribution is 5.93. The molecule has 0 fully saturated rings. The Balaban J connectivity index is 1.75. The van der Waals surface area contributed by atoms with Crippen molar-refractivity contribution in [2.24, 2.45) is 0 Å². The molecule has 2 amide bonds. The molecule has 1 aromatic carbocycles. The summed E-state index contributed by atoms with van der Waals surface area (Å²) in [5.41, 5.74) is 1.23. The van der Waals surface area contributed by atoms with E-state index in [-0.39, 0.29) is 6.61 Å². The van der Waals surface area contributed by atoms with Crippen LogP contribution >= 0.6 is 0 Å². The number of nitrogens with one attached hydrogen (secondary N) is 2. The van der Waals surface area contributed by atoms with Crippen LogP contribution in [0.5, 0.6) is 0 Å². The topological polar surface area (TPSA) is 102 Å². The van der Waals surface area contributed by atoms with E-state index in [4.69, 9.17) is 13.7 Å². The van der Waals surface area contributed by atoms with Crippen molar-refractivity contribution >= 4 is 11.7 Å². The van der Waals surface area contributed by atoms with Gasteiger partial charge in [-0.25, -0.2) is 4.79 Å². The van der Waals surface area contributed by atoms with Gasteiger partial charge in [-0.15, -0.1) is 0 Å². The number of amides is 2. The Bertz CT molecular complexity index is 829. The number of carbonyl (C=O) groups is 1. The largest absolute Gasteiger partial charge is 0.467 e. The standard InChI is InChI=1S/C17H18N4O4/c1-11-18-16(21-25-11)12-6-3-4-7-13(12)19-17(22)20-14(10-23-2)15-8-5-9-24-15/h3-9,14H,10H2,1-2H3,(H2,19,20,22). The summed E-state index contributed by atoms with van der Waals surface area (Å²) < 4.78 is 15.5. The van der Waals surface area contributed by atoms with Crippen molar-refractivity contribution in [2.75, 3.05) is 19.0 Å². The van der Waals surface area contributed by atoms with Gasteiger partial charge in [-0.05, 0) is 24.3 Å². The number of aromatic nitrogens is 2. The minimum absolute atomic E-state index is 0.284. The van der Waals surface area contributed by atoms with E-state index in [0.717, 1.165) is 0 Å². The van der Waals surface area contributed by atoms with E-state index in [0.29, 0.717) is 28.7 Å². The molecule has 1 atom stereocenters. The lowest BCUT2D eigenvalue weighted by atomic mass is 10.1. The monoisotopic (exact) mass is 342 g/mol. The van der Waals surface area contributed by atoms with E-state index >= 15 is 0 Å². The average molecular weight is 342 g/mol. The van der Waals surface area contributed by atoms with Crippen LogP contribution in [-0.4, -0.2) is 29.9 Å². The molecule has 0 radical (unpaired) electrons. The van der Waals surface area contributed by atoms with Crippen molar-refractivity contribution in [3.63, 3.8) is 0 Å². The zero-order valence-corrected chi connectivity index (χ0v) is 13.9. The van der Waals surface area contributed by atoms with Crippen LogP contribution in [0.4, 0.5) is 10.5 Å². The van der Waals surface area contributed by atoms with Crippen molar-refractivity contribution in [1.29, 1.82) is 0 Å². The number of nitrogens with zero attached hydrogens (tertiary/aromatic N) is 2. The SMILES string of the molecule is COCC(NC(=O)Nc1ccccc1-c1noc(C)n1)c1ccco1. The summed E-state index contributed by atoms with van der Waals surface area (Å²) in [7, 11) is 1.56. The number of benzene rings is 1. The van der Waals surface area contributed by atoms with Crippen LogP contribution in [0.15, 0.2) is 51.6 Å². The molecule has 0 bridgehead atoms. The third kappa shape index (κ3) is 4.04. The molecule has 0 spiro atoms. The molecule has 2 heterocycles. The van der Waals surface area contributed by atoms with Gasteiger partial charge in [-0.2, -0.15) is 4.98 Å². The lowest BCUT2D eigenvalue weighted by molar-refractivity contribution is 0.159. The molecule has 8 heteroatoms. The predicted octanol–water partition coefficient (Wildman–Crippen LogP) is 3.15. The van der Waals surface area contributed by atoms with Crippen LogP contribution in [0.25, 0.3) is 11.4 Å². The number of hydrogen-bond donors (Lipinski definition) is 2. The number of furan rings is 1. The molecule has 1 unspecified atom stereocenters. The van der Waals surface area contributed by atoms with Gasteiger partial charge in [0.1, 0.15) is 11.8 Å². The van der Waals surface area contributed by atoms with Gasteiger partial charge in [0.15, 0.2) is 0 Å². The van der Waals surface area contributed by atoms with Crippen molar-refractivity contribution < 1.29 is 18.5 Å². The van der Waals surface area contributed by atoms with E-state index in [9.17, 15) is 4.79 Å². The zero-order valence-electron chi connectivity index (χ0n) is 13.9. The Labute approximate surface area is 144 Å². The number of carbonyl (C=O) groups excluding carboxylic acids is 1. The Morgan fingerprint density at radius 1 is 1.28 bits per heavy atom. The summed E-state index contributed by atoms with van der Waals surface area (Å²) in [6, 6.07) is 9.95. The summed E-state index contributed by atoms with van der Waals surface area (Å²) >= 11 is 0. The molecule has 8 nitrogen and oxygen atoms in total. The zero-order chi connectivity index (χ0) is 17.6.